The van der Waals surface area contributed by atoms with Gasteiger partial charge in [-0.2, -0.15) is 11.8 Å². The zero-order chi connectivity index (χ0) is 44.2. The molecule has 0 spiro atoms. The Morgan fingerprint density at radius 3 is 2.21 bits per heavy atom. The van der Waals surface area contributed by atoms with Gasteiger partial charge in [0, 0.05) is 47.4 Å². The number of carbonyl (C=O) groups excluding carboxylic acids is 6. The summed E-state index contributed by atoms with van der Waals surface area (Å²) in [6, 6.07) is 13.0. The fourth-order valence-electron chi connectivity index (χ4n) is 7.35. The Morgan fingerprint density at radius 1 is 0.918 bits per heavy atom. The predicted octanol–water partition coefficient (Wildman–Crippen LogP) is 1.42. The second-order valence-electron chi connectivity index (χ2n) is 16.1. The fraction of sp³-hybridized carbons (Fsp3) is 0.568. The Balaban J connectivity index is 0.0000128. The fourth-order valence-corrected chi connectivity index (χ4v) is 9.55. The van der Waals surface area contributed by atoms with Crippen molar-refractivity contribution in [3.63, 3.8) is 0 Å². The molecule has 2 aromatic rings. The summed E-state index contributed by atoms with van der Waals surface area (Å²) in [5.74, 6) is -3.27. The zero-order valence-corrected chi connectivity index (χ0v) is 40.5. The predicted molar refractivity (Wildman–Crippen MR) is 236 cm³/mol. The number of carbonyl (C=O) groups is 7. The second-order valence-corrected chi connectivity index (χ2v) is 18.5. The van der Waals surface area contributed by atoms with Gasteiger partial charge >= 0.3 is 57.4 Å². The maximum absolute atomic E-state index is 14.4. The second kappa shape index (κ2) is 28.5. The van der Waals surface area contributed by atoms with E-state index in [-0.39, 0.29) is 138 Å². The van der Waals surface area contributed by atoms with E-state index in [4.69, 9.17) is 17.2 Å². The first kappa shape index (κ1) is 54.8. The molecule has 0 radical (unpaired) electrons. The molecule has 0 bridgehead atoms. The molecule has 0 aromatic heterocycles. The molecule has 0 saturated carbocycles. The molecule has 1 heterocycles. The summed E-state index contributed by atoms with van der Waals surface area (Å²) in [5.41, 5.74) is 20.0. The Bertz CT molecular complexity index is 1760. The number of ketones is 5. The van der Waals surface area contributed by atoms with Crippen LogP contribution in [0.1, 0.15) is 75.8 Å². The monoisotopic (exact) mass is 907 g/mol. The third-order valence-electron chi connectivity index (χ3n) is 11.2. The molecule has 2 aromatic carbocycles. The van der Waals surface area contributed by atoms with Crippen molar-refractivity contribution in [3.8, 4) is 5.75 Å². The van der Waals surface area contributed by atoms with Crippen LogP contribution in [0, 0.1) is 17.3 Å². The van der Waals surface area contributed by atoms with Gasteiger partial charge in [-0.25, -0.2) is 0 Å². The normalized spacial score (nSPS) is 18.5. The van der Waals surface area contributed by atoms with E-state index in [1.807, 2.05) is 30.3 Å². The van der Waals surface area contributed by atoms with Crippen LogP contribution in [0.2, 0.25) is 0 Å². The average molecular weight is 908 g/mol. The minimum absolute atomic E-state index is 0. The van der Waals surface area contributed by atoms with Crippen LogP contribution in [0.3, 0.4) is 0 Å². The number of rotatable bonds is 26. The van der Waals surface area contributed by atoms with Gasteiger partial charge in [-0.1, -0.05) is 55.4 Å². The van der Waals surface area contributed by atoms with E-state index in [0.717, 1.165) is 11.1 Å². The Hall–Kier alpha value is -2.29. The summed E-state index contributed by atoms with van der Waals surface area (Å²) in [6.07, 6.45) is 1.54. The van der Waals surface area contributed by atoms with E-state index in [1.54, 1.807) is 30.8 Å². The average Bonchev–Trinajstić information content (AvgIpc) is 3.21. The van der Waals surface area contributed by atoms with E-state index in [9.17, 15) is 43.8 Å². The summed E-state index contributed by atoms with van der Waals surface area (Å²) in [4.78, 5) is 93.5. The molecule has 61 heavy (non-hydrogen) atoms. The number of thioether (sulfide) groups is 2. The number of primary amides is 1. The summed E-state index contributed by atoms with van der Waals surface area (Å²) in [5, 5.41) is 23.1. The van der Waals surface area contributed by atoms with Gasteiger partial charge in [0.25, 0.3) is 0 Å². The Kier molecular flexibility index (Phi) is 25.6. The quantitative estimate of drug-likeness (QED) is 0.0839. The van der Waals surface area contributed by atoms with Crippen molar-refractivity contribution in [2.75, 3.05) is 43.3 Å². The van der Waals surface area contributed by atoms with Gasteiger partial charge in [-0.15, -0.1) is 11.8 Å². The van der Waals surface area contributed by atoms with Crippen molar-refractivity contribution in [3.05, 3.63) is 71.5 Å². The van der Waals surface area contributed by atoms with Gasteiger partial charge in [0.05, 0.1) is 31.6 Å². The third-order valence-corrected chi connectivity index (χ3v) is 13.7. The smallest absolute Gasteiger partial charge is 0.668 e. The summed E-state index contributed by atoms with van der Waals surface area (Å²) >= 11 is 3.07. The maximum atomic E-state index is 14.4. The number of phenols is 1. The first-order valence-corrected chi connectivity index (χ1v) is 22.8. The molecule has 14 nitrogen and oxygen atoms in total. The van der Waals surface area contributed by atoms with Crippen molar-refractivity contribution in [2.45, 2.75) is 95.7 Å². The van der Waals surface area contributed by atoms with Crippen LogP contribution in [-0.4, -0.2) is 117 Å². The number of Topliss-reactive ketones (excluding diaryl/α,β-unsaturated/α-hetero) is 5. The van der Waals surface area contributed by atoms with Crippen LogP contribution in [0.5, 0.6) is 5.75 Å². The molecule has 0 aliphatic carbocycles. The van der Waals surface area contributed by atoms with Crippen LogP contribution >= 0.6 is 23.5 Å². The number of amides is 1. The molecule has 1 amide bonds. The molecule has 1 saturated heterocycles. The molecule has 3 rings (SSSR count). The SMILES string of the molecule is CN(CC(=O)[C@@](C)(CCC(=O)[C@H](CCCN)CCC(=O)[C@@H]1CSCSC[C@H]([NH-])C(=O)CN1)Cc1ccccc1)[C@@H](CC(=O)O)C(=O)CC[C@@H](Cc1ccc(O)cc1)C(N)=O.[K+]. The minimum Gasteiger partial charge on any atom is -0.668 e. The molecule has 1 fully saturated rings. The molecule has 330 valence electrons. The largest absolute Gasteiger partial charge is 1.00 e. The van der Waals surface area contributed by atoms with E-state index in [0.29, 0.717) is 42.4 Å². The van der Waals surface area contributed by atoms with E-state index in [1.165, 1.54) is 35.8 Å². The molecule has 8 N–H and O–H groups in total. The zero-order valence-electron chi connectivity index (χ0n) is 35.8. The molecule has 1 aliphatic rings. The summed E-state index contributed by atoms with van der Waals surface area (Å²) in [7, 11) is 1.52. The number of carboxylic acids is 1. The first-order chi connectivity index (χ1) is 28.5. The van der Waals surface area contributed by atoms with Crippen molar-refractivity contribution >= 4 is 64.3 Å². The van der Waals surface area contributed by atoms with Crippen LogP contribution in [0.15, 0.2) is 54.6 Å². The van der Waals surface area contributed by atoms with Crippen molar-refractivity contribution in [1.29, 1.82) is 0 Å². The summed E-state index contributed by atoms with van der Waals surface area (Å²) in [6.45, 7) is 1.81. The third kappa shape index (κ3) is 19.6. The number of aromatic hydroxyl groups is 1. The molecule has 0 unspecified atom stereocenters. The molecular weight excluding hydrogens is 846 g/mol. The number of hydrogen-bond acceptors (Lipinski definition) is 13. The van der Waals surface area contributed by atoms with Gasteiger partial charge in [-0.3, -0.25) is 43.8 Å². The van der Waals surface area contributed by atoms with E-state index in [2.05, 4.69) is 5.32 Å². The van der Waals surface area contributed by atoms with Crippen molar-refractivity contribution in [1.82, 2.24) is 10.2 Å². The van der Waals surface area contributed by atoms with Crippen LogP contribution in [0.25, 0.3) is 5.73 Å². The minimum atomic E-state index is -1.23. The van der Waals surface area contributed by atoms with Gasteiger partial charge in [0.15, 0.2) is 17.3 Å². The number of hydrogen-bond donors (Lipinski definition) is 5. The maximum Gasteiger partial charge on any atom is 1.00 e. The number of aliphatic carboxylic acids is 1. The molecular formula is C44H62KN5O9S2. The number of nitrogens with two attached hydrogens (primary N) is 2. The van der Waals surface area contributed by atoms with E-state index < -0.39 is 59.5 Å². The Morgan fingerprint density at radius 2 is 1.57 bits per heavy atom. The standard InChI is InChI=1S/C44H62N5O9S2.K/c1-44(23-30-7-4-3-5-8-30,19-18-37(51)31(9-6-20-45)12-16-38(52)35-27-60-28-59-26-34(46)40(54)24-48-35)41(55)25-49(2)36(22-42(56)57)39(53)17-13-32(43(47)58)21-29-10-14-33(50)15-11-29;/h3-5,7-8,10-11,14-15,31-32,34-36,46,48,50H,6,9,12-13,16-28,45H2,1-2H3,(H2,47,58)(H,56,57);/q-1;+1/t31-,32+,34+,35+,36+,44+;/m1./s1. The van der Waals surface area contributed by atoms with Crippen LogP contribution in [0.4, 0.5) is 0 Å². The number of benzene rings is 2. The number of nitrogens with one attached hydrogen (secondary N) is 2. The van der Waals surface area contributed by atoms with Gasteiger partial charge in [0.1, 0.15) is 17.3 Å². The van der Waals surface area contributed by atoms with Crippen LogP contribution < -0.4 is 68.2 Å². The molecule has 1 aliphatic heterocycles. The van der Waals surface area contributed by atoms with Crippen molar-refractivity contribution in [2.24, 2.45) is 28.7 Å². The van der Waals surface area contributed by atoms with Gasteiger partial charge in [-0.05, 0) is 87.6 Å². The Labute approximate surface area is 410 Å². The van der Waals surface area contributed by atoms with Gasteiger partial charge in [0.2, 0.25) is 5.91 Å². The number of nitrogens with zero attached hydrogens (tertiary/aromatic N) is 1. The van der Waals surface area contributed by atoms with Crippen LogP contribution in [-0.2, 0) is 46.4 Å². The van der Waals surface area contributed by atoms with Gasteiger partial charge < -0.3 is 27.4 Å². The van der Waals surface area contributed by atoms with E-state index >= 15 is 0 Å². The molecule has 6 atom stereocenters. The topological polar surface area (TPSA) is 251 Å². The number of carboxylic acid groups (broad SMARTS) is 1. The molecule has 17 heteroatoms. The number of phenolic OH excluding ortho intramolecular Hbond substituents is 1. The summed E-state index contributed by atoms with van der Waals surface area (Å²) < 4.78 is 0. The number of likely N-dealkylation sites (N-methyl/N-ethyl adjacent to an activating group) is 1. The van der Waals surface area contributed by atoms with Crippen molar-refractivity contribution < 1.29 is 95.2 Å². The first-order valence-electron chi connectivity index (χ1n) is 20.5.